The zero-order chi connectivity index (χ0) is 13.9. The van der Waals surface area contributed by atoms with Crippen LogP contribution >= 0.6 is 27.3 Å². The van der Waals surface area contributed by atoms with E-state index in [4.69, 9.17) is 5.73 Å². The molecule has 0 spiro atoms. The lowest BCUT2D eigenvalue weighted by Crippen LogP contribution is -2.32. The maximum Gasteiger partial charge on any atom is 0.0570 e. The molecule has 2 aromatic rings. The van der Waals surface area contributed by atoms with E-state index >= 15 is 0 Å². The molecule has 106 valence electrons. The molecule has 2 unspecified atom stereocenters. The summed E-state index contributed by atoms with van der Waals surface area (Å²) >= 11 is 5.35. The molecule has 20 heavy (non-hydrogen) atoms. The van der Waals surface area contributed by atoms with Crippen LogP contribution in [0, 0.1) is 0 Å². The molecule has 1 fully saturated rings. The molecule has 0 aliphatic carbocycles. The van der Waals surface area contributed by atoms with Crippen molar-refractivity contribution in [1.29, 1.82) is 0 Å². The first-order valence-corrected chi connectivity index (χ1v) is 8.71. The van der Waals surface area contributed by atoms with Crippen molar-refractivity contribution < 1.29 is 0 Å². The van der Waals surface area contributed by atoms with E-state index in [-0.39, 0.29) is 0 Å². The number of hydrogen-bond donors (Lipinski definition) is 1. The van der Waals surface area contributed by atoms with E-state index in [9.17, 15) is 0 Å². The van der Waals surface area contributed by atoms with E-state index in [0.29, 0.717) is 18.6 Å². The van der Waals surface area contributed by atoms with Crippen molar-refractivity contribution in [3.05, 3.63) is 56.7 Å². The van der Waals surface area contributed by atoms with E-state index < -0.39 is 0 Å². The van der Waals surface area contributed by atoms with Gasteiger partial charge in [-0.05, 0) is 46.9 Å². The molecule has 0 bridgehead atoms. The summed E-state index contributed by atoms with van der Waals surface area (Å²) in [5.74, 6) is 0. The summed E-state index contributed by atoms with van der Waals surface area (Å²) in [5.41, 5.74) is 7.50. The fourth-order valence-corrected chi connectivity index (χ4v) is 4.69. The number of thiophene rings is 1. The van der Waals surface area contributed by atoms with E-state index in [2.05, 4.69) is 62.6 Å². The van der Waals surface area contributed by atoms with Crippen molar-refractivity contribution in [2.24, 2.45) is 5.73 Å². The van der Waals surface area contributed by atoms with Crippen LogP contribution in [0.4, 0.5) is 0 Å². The average molecular weight is 351 g/mol. The number of halogens is 1. The molecule has 1 aliphatic heterocycles. The lowest BCUT2D eigenvalue weighted by atomic mass is 10.0. The zero-order valence-corrected chi connectivity index (χ0v) is 13.7. The predicted octanol–water partition coefficient (Wildman–Crippen LogP) is 4.35. The Balaban J connectivity index is 1.87. The van der Waals surface area contributed by atoms with Gasteiger partial charge in [0.25, 0.3) is 0 Å². The number of nitrogens with zero attached hydrogens (tertiary/aromatic N) is 1. The van der Waals surface area contributed by atoms with E-state index in [1.807, 2.05) is 0 Å². The quantitative estimate of drug-likeness (QED) is 0.888. The molecular formula is C16H19BrN2S. The molecular weight excluding hydrogens is 332 g/mol. The second-order valence-corrected chi connectivity index (χ2v) is 7.08. The molecule has 2 atom stereocenters. The molecule has 0 saturated carbocycles. The van der Waals surface area contributed by atoms with Crippen molar-refractivity contribution in [3.8, 4) is 0 Å². The predicted molar refractivity (Wildman–Crippen MR) is 88.9 cm³/mol. The highest BCUT2D eigenvalue weighted by atomic mass is 79.9. The Labute approximate surface area is 132 Å². The maximum absolute atomic E-state index is 6.08. The molecule has 2 nitrogen and oxygen atoms in total. The van der Waals surface area contributed by atoms with Crippen LogP contribution in [0.2, 0.25) is 0 Å². The maximum atomic E-state index is 6.08. The number of nitrogens with two attached hydrogens (primary N) is 1. The second-order valence-electron chi connectivity index (χ2n) is 5.23. The molecule has 1 saturated heterocycles. The highest BCUT2D eigenvalue weighted by Crippen LogP contribution is 2.40. The zero-order valence-electron chi connectivity index (χ0n) is 11.3. The van der Waals surface area contributed by atoms with E-state index in [1.54, 1.807) is 11.3 Å². The van der Waals surface area contributed by atoms with Gasteiger partial charge < -0.3 is 5.73 Å². The van der Waals surface area contributed by atoms with Crippen LogP contribution in [-0.2, 0) is 0 Å². The lowest BCUT2D eigenvalue weighted by molar-refractivity contribution is 0.188. The van der Waals surface area contributed by atoms with Crippen LogP contribution in [0.25, 0.3) is 0 Å². The van der Waals surface area contributed by atoms with Gasteiger partial charge in [-0.3, -0.25) is 4.90 Å². The molecule has 4 heteroatoms. The molecule has 2 heterocycles. The monoisotopic (exact) mass is 350 g/mol. The van der Waals surface area contributed by atoms with Crippen LogP contribution in [0.15, 0.2) is 46.3 Å². The standard InChI is InChI=1S/C16H19BrN2S/c17-13-9-16(20-11-13)15(10-18)19-8-4-7-14(19)12-5-2-1-3-6-12/h1-3,5-6,9,11,14-15H,4,7-8,10,18H2. The Kier molecular flexibility index (Phi) is 4.56. The first-order chi connectivity index (χ1) is 9.79. The normalized spacial score (nSPS) is 21.2. The third-order valence-electron chi connectivity index (χ3n) is 4.02. The topological polar surface area (TPSA) is 29.3 Å². The Morgan fingerprint density at radius 1 is 1.35 bits per heavy atom. The van der Waals surface area contributed by atoms with Gasteiger partial charge in [-0.15, -0.1) is 11.3 Å². The van der Waals surface area contributed by atoms with Gasteiger partial charge in [-0.1, -0.05) is 30.3 Å². The molecule has 1 aromatic heterocycles. The third kappa shape index (κ3) is 2.84. The van der Waals surface area contributed by atoms with Gasteiger partial charge in [0, 0.05) is 27.3 Å². The Bertz CT molecular complexity index is 555. The van der Waals surface area contributed by atoms with Crippen LogP contribution in [0.1, 0.15) is 35.4 Å². The Morgan fingerprint density at radius 3 is 2.80 bits per heavy atom. The molecule has 2 N–H and O–H groups in total. The summed E-state index contributed by atoms with van der Waals surface area (Å²) in [4.78, 5) is 3.94. The fourth-order valence-electron chi connectivity index (χ4n) is 3.11. The number of rotatable bonds is 4. The number of likely N-dealkylation sites (tertiary alicyclic amines) is 1. The SMILES string of the molecule is NCC(c1cc(Br)cs1)N1CCCC1c1ccccc1. The minimum Gasteiger partial charge on any atom is -0.329 e. The number of hydrogen-bond acceptors (Lipinski definition) is 3. The first-order valence-electron chi connectivity index (χ1n) is 7.04. The second kappa shape index (κ2) is 6.39. The summed E-state index contributed by atoms with van der Waals surface area (Å²) < 4.78 is 1.16. The highest BCUT2D eigenvalue weighted by molar-refractivity contribution is 9.10. The van der Waals surface area contributed by atoms with Gasteiger partial charge in [0.1, 0.15) is 0 Å². The van der Waals surface area contributed by atoms with Crippen molar-refractivity contribution >= 4 is 27.3 Å². The minimum absolute atomic E-state index is 0.332. The smallest absolute Gasteiger partial charge is 0.0570 e. The van der Waals surface area contributed by atoms with Crippen molar-refractivity contribution in [2.75, 3.05) is 13.1 Å². The summed E-state index contributed by atoms with van der Waals surface area (Å²) in [6, 6.07) is 13.9. The molecule has 0 amide bonds. The van der Waals surface area contributed by atoms with Gasteiger partial charge in [0.15, 0.2) is 0 Å². The van der Waals surface area contributed by atoms with Crippen molar-refractivity contribution in [3.63, 3.8) is 0 Å². The lowest BCUT2D eigenvalue weighted by Gasteiger charge is -2.32. The van der Waals surface area contributed by atoms with Crippen LogP contribution in [0.3, 0.4) is 0 Å². The number of benzene rings is 1. The highest BCUT2D eigenvalue weighted by Gasteiger charge is 2.32. The van der Waals surface area contributed by atoms with Crippen LogP contribution in [-0.4, -0.2) is 18.0 Å². The fraction of sp³-hybridized carbons (Fsp3) is 0.375. The van der Waals surface area contributed by atoms with Crippen molar-refractivity contribution in [1.82, 2.24) is 4.90 Å². The average Bonchev–Trinajstić information content (AvgIpc) is 3.11. The third-order valence-corrected chi connectivity index (χ3v) is 5.81. The Hall–Kier alpha value is -0.680. The van der Waals surface area contributed by atoms with Gasteiger partial charge in [-0.25, -0.2) is 0 Å². The molecule has 0 radical (unpaired) electrons. The summed E-state index contributed by atoms with van der Waals surface area (Å²) in [7, 11) is 0. The van der Waals surface area contributed by atoms with E-state index in [1.165, 1.54) is 23.3 Å². The minimum atomic E-state index is 0.332. The van der Waals surface area contributed by atoms with Crippen LogP contribution < -0.4 is 5.73 Å². The van der Waals surface area contributed by atoms with Crippen LogP contribution in [0.5, 0.6) is 0 Å². The molecule has 1 aromatic carbocycles. The summed E-state index contributed by atoms with van der Waals surface area (Å²) in [6.07, 6.45) is 2.48. The van der Waals surface area contributed by atoms with Gasteiger partial charge in [0.05, 0.1) is 6.04 Å². The van der Waals surface area contributed by atoms with Gasteiger partial charge in [0.2, 0.25) is 0 Å². The summed E-state index contributed by atoms with van der Waals surface area (Å²) in [5, 5.41) is 2.14. The summed E-state index contributed by atoms with van der Waals surface area (Å²) in [6.45, 7) is 1.81. The molecule has 3 rings (SSSR count). The molecule has 1 aliphatic rings. The van der Waals surface area contributed by atoms with E-state index in [0.717, 1.165) is 11.0 Å². The first kappa shape index (κ1) is 14.3. The largest absolute Gasteiger partial charge is 0.329 e. The van der Waals surface area contributed by atoms with Gasteiger partial charge >= 0.3 is 0 Å². The van der Waals surface area contributed by atoms with Crippen molar-refractivity contribution in [2.45, 2.75) is 24.9 Å². The van der Waals surface area contributed by atoms with Gasteiger partial charge in [-0.2, -0.15) is 0 Å². The Morgan fingerprint density at radius 2 is 2.15 bits per heavy atom.